The van der Waals surface area contributed by atoms with Crippen LogP contribution in [0.4, 0.5) is 10.5 Å². The van der Waals surface area contributed by atoms with Gasteiger partial charge >= 0.3 is 6.03 Å². The molecule has 2 N–H and O–H groups in total. The molecule has 136 valence electrons. The van der Waals surface area contributed by atoms with Gasteiger partial charge in [-0.3, -0.25) is 0 Å². The summed E-state index contributed by atoms with van der Waals surface area (Å²) < 4.78 is 1.87. The molecule has 1 aliphatic rings. The maximum Gasteiger partial charge on any atom is 0.319 e. The van der Waals surface area contributed by atoms with Crippen molar-refractivity contribution >= 4 is 22.8 Å². The third kappa shape index (κ3) is 4.48. The van der Waals surface area contributed by atoms with E-state index in [1.54, 1.807) is 12.4 Å². The van der Waals surface area contributed by atoms with Gasteiger partial charge in [-0.25, -0.2) is 14.5 Å². The first-order chi connectivity index (χ1) is 12.0. The molecular weight excluding hydrogens is 316 g/mol. The summed E-state index contributed by atoms with van der Waals surface area (Å²) in [5, 5.41) is 11.1. The number of urea groups is 1. The van der Waals surface area contributed by atoms with Crippen molar-refractivity contribution in [3.05, 3.63) is 18.5 Å². The van der Waals surface area contributed by atoms with Crippen LogP contribution in [0.25, 0.3) is 11.0 Å². The Hall–Kier alpha value is -2.15. The number of hydrogen-bond acceptors (Lipinski definition) is 4. The van der Waals surface area contributed by atoms with Crippen LogP contribution in [0.5, 0.6) is 0 Å². The SMILES string of the molecule is CC(CNC(=O)Nc1cnc2c(cnn2C(C)C)c1)CN1CCCC1. The quantitative estimate of drug-likeness (QED) is 0.845. The summed E-state index contributed by atoms with van der Waals surface area (Å²) in [6.07, 6.45) is 6.05. The van der Waals surface area contributed by atoms with Gasteiger partial charge in [0.25, 0.3) is 0 Å². The van der Waals surface area contributed by atoms with E-state index in [4.69, 9.17) is 0 Å². The molecule has 2 amide bonds. The van der Waals surface area contributed by atoms with E-state index >= 15 is 0 Å². The van der Waals surface area contributed by atoms with Gasteiger partial charge in [0, 0.05) is 24.5 Å². The number of likely N-dealkylation sites (tertiary alicyclic amines) is 1. The third-order valence-corrected chi connectivity index (χ3v) is 4.56. The van der Waals surface area contributed by atoms with Crippen LogP contribution >= 0.6 is 0 Å². The first-order valence-electron chi connectivity index (χ1n) is 9.13. The zero-order chi connectivity index (χ0) is 17.8. The molecule has 1 atom stereocenters. The van der Waals surface area contributed by atoms with Gasteiger partial charge in [0.2, 0.25) is 0 Å². The van der Waals surface area contributed by atoms with Gasteiger partial charge in [0.1, 0.15) is 0 Å². The van der Waals surface area contributed by atoms with Crippen LogP contribution in [-0.4, -0.2) is 51.9 Å². The van der Waals surface area contributed by atoms with Gasteiger partial charge in [0.15, 0.2) is 5.65 Å². The van der Waals surface area contributed by atoms with E-state index in [9.17, 15) is 4.79 Å². The number of nitrogens with zero attached hydrogens (tertiary/aromatic N) is 4. The molecule has 3 heterocycles. The third-order valence-electron chi connectivity index (χ3n) is 4.56. The van der Waals surface area contributed by atoms with Gasteiger partial charge in [-0.15, -0.1) is 0 Å². The first kappa shape index (κ1) is 17.7. The summed E-state index contributed by atoms with van der Waals surface area (Å²) in [5.74, 6) is 0.439. The summed E-state index contributed by atoms with van der Waals surface area (Å²) in [6, 6.07) is 1.97. The predicted octanol–water partition coefficient (Wildman–Crippen LogP) is 2.87. The second-order valence-corrected chi connectivity index (χ2v) is 7.27. The van der Waals surface area contributed by atoms with Gasteiger partial charge in [0.05, 0.1) is 18.1 Å². The molecule has 2 aromatic heterocycles. The number of rotatable bonds is 6. The predicted molar refractivity (Wildman–Crippen MR) is 99.8 cm³/mol. The van der Waals surface area contributed by atoms with E-state index in [1.165, 1.54) is 25.9 Å². The van der Waals surface area contributed by atoms with Crippen molar-refractivity contribution in [3.63, 3.8) is 0 Å². The Morgan fingerprint density at radius 3 is 2.72 bits per heavy atom. The summed E-state index contributed by atoms with van der Waals surface area (Å²) in [5.41, 5.74) is 1.51. The summed E-state index contributed by atoms with van der Waals surface area (Å²) in [4.78, 5) is 19.0. The Bertz CT molecular complexity index is 719. The standard InChI is InChI=1S/C18H28N6O/c1-13(2)24-17-15(10-21-24)8-16(11-19-17)22-18(25)20-9-14(3)12-23-6-4-5-7-23/h8,10-11,13-14H,4-7,9,12H2,1-3H3,(H2,20,22,25). The number of fused-ring (bicyclic) bond motifs is 1. The topological polar surface area (TPSA) is 75.1 Å². The lowest BCUT2D eigenvalue weighted by molar-refractivity contribution is 0.245. The monoisotopic (exact) mass is 344 g/mol. The van der Waals surface area contributed by atoms with E-state index in [0.717, 1.165) is 17.6 Å². The molecule has 0 bridgehead atoms. The zero-order valence-electron chi connectivity index (χ0n) is 15.3. The molecule has 7 nitrogen and oxygen atoms in total. The van der Waals surface area contributed by atoms with Crippen molar-refractivity contribution in [2.75, 3.05) is 31.5 Å². The highest BCUT2D eigenvalue weighted by Gasteiger charge is 2.15. The highest BCUT2D eigenvalue weighted by molar-refractivity contribution is 5.91. The molecule has 2 aromatic rings. The Labute approximate surface area is 148 Å². The summed E-state index contributed by atoms with van der Waals surface area (Å²) in [6.45, 7) is 10.4. The Morgan fingerprint density at radius 1 is 1.24 bits per heavy atom. The highest BCUT2D eigenvalue weighted by atomic mass is 16.2. The number of carbonyl (C=O) groups is 1. The Morgan fingerprint density at radius 2 is 2.00 bits per heavy atom. The normalized spacial score (nSPS) is 16.5. The lowest BCUT2D eigenvalue weighted by atomic mass is 10.1. The van der Waals surface area contributed by atoms with Crippen molar-refractivity contribution in [1.29, 1.82) is 0 Å². The average Bonchev–Trinajstić information content (AvgIpc) is 3.21. The molecule has 3 rings (SSSR count). The molecule has 1 unspecified atom stereocenters. The Balaban J connectivity index is 1.51. The van der Waals surface area contributed by atoms with Crippen LogP contribution in [0.3, 0.4) is 0 Å². The van der Waals surface area contributed by atoms with Crippen LogP contribution < -0.4 is 10.6 Å². The van der Waals surface area contributed by atoms with E-state index in [2.05, 4.69) is 46.4 Å². The lowest BCUT2D eigenvalue weighted by Crippen LogP contribution is -2.36. The minimum absolute atomic E-state index is 0.189. The molecule has 0 aliphatic carbocycles. The van der Waals surface area contributed by atoms with Crippen molar-refractivity contribution in [2.24, 2.45) is 5.92 Å². The largest absolute Gasteiger partial charge is 0.338 e. The van der Waals surface area contributed by atoms with Gasteiger partial charge in [-0.1, -0.05) is 6.92 Å². The molecule has 0 aromatic carbocycles. The molecule has 0 saturated carbocycles. The number of hydrogen-bond donors (Lipinski definition) is 2. The molecule has 1 saturated heterocycles. The molecule has 0 spiro atoms. The minimum Gasteiger partial charge on any atom is -0.338 e. The number of anilines is 1. The number of amides is 2. The zero-order valence-corrected chi connectivity index (χ0v) is 15.3. The van der Waals surface area contributed by atoms with Crippen LogP contribution in [0.15, 0.2) is 18.5 Å². The van der Waals surface area contributed by atoms with Crippen LogP contribution in [0.1, 0.15) is 39.7 Å². The number of pyridine rings is 1. The molecule has 1 aliphatic heterocycles. The number of carbonyl (C=O) groups excluding carboxylic acids is 1. The molecule has 1 fully saturated rings. The molecule has 7 heteroatoms. The fraction of sp³-hybridized carbons (Fsp3) is 0.611. The fourth-order valence-corrected chi connectivity index (χ4v) is 3.30. The average molecular weight is 344 g/mol. The van der Waals surface area contributed by atoms with Crippen molar-refractivity contribution < 1.29 is 4.79 Å². The van der Waals surface area contributed by atoms with E-state index in [0.29, 0.717) is 18.2 Å². The van der Waals surface area contributed by atoms with Crippen LogP contribution in [-0.2, 0) is 0 Å². The maximum absolute atomic E-state index is 12.1. The maximum atomic E-state index is 12.1. The van der Waals surface area contributed by atoms with E-state index in [-0.39, 0.29) is 12.1 Å². The second kappa shape index (κ2) is 7.82. The number of aromatic nitrogens is 3. The molecule has 25 heavy (non-hydrogen) atoms. The van der Waals surface area contributed by atoms with Crippen molar-refractivity contribution in [1.82, 2.24) is 25.0 Å². The van der Waals surface area contributed by atoms with Gasteiger partial charge < -0.3 is 15.5 Å². The molecular formula is C18H28N6O. The smallest absolute Gasteiger partial charge is 0.319 e. The van der Waals surface area contributed by atoms with Crippen molar-refractivity contribution in [3.8, 4) is 0 Å². The van der Waals surface area contributed by atoms with E-state index in [1.807, 2.05) is 10.7 Å². The lowest BCUT2D eigenvalue weighted by Gasteiger charge is -2.20. The van der Waals surface area contributed by atoms with Gasteiger partial charge in [-0.05, 0) is 51.8 Å². The van der Waals surface area contributed by atoms with Crippen LogP contribution in [0, 0.1) is 5.92 Å². The summed E-state index contributed by atoms with van der Waals surface area (Å²) >= 11 is 0. The highest BCUT2D eigenvalue weighted by Crippen LogP contribution is 2.19. The minimum atomic E-state index is -0.189. The van der Waals surface area contributed by atoms with Crippen molar-refractivity contribution in [2.45, 2.75) is 39.7 Å². The van der Waals surface area contributed by atoms with Gasteiger partial charge in [-0.2, -0.15) is 5.10 Å². The first-order valence-corrected chi connectivity index (χ1v) is 9.13. The second-order valence-electron chi connectivity index (χ2n) is 7.27. The van der Waals surface area contributed by atoms with Crippen LogP contribution in [0.2, 0.25) is 0 Å². The fourth-order valence-electron chi connectivity index (χ4n) is 3.30. The summed E-state index contributed by atoms with van der Waals surface area (Å²) in [7, 11) is 0. The number of nitrogens with one attached hydrogen (secondary N) is 2. The molecule has 0 radical (unpaired) electrons. The Kier molecular flexibility index (Phi) is 5.53. The van der Waals surface area contributed by atoms with E-state index < -0.39 is 0 Å².